The Morgan fingerprint density at radius 2 is 1.83 bits per heavy atom. The van der Waals surface area contributed by atoms with E-state index >= 15 is 0 Å². The summed E-state index contributed by atoms with van der Waals surface area (Å²) in [5, 5.41) is 0. The molecule has 0 fully saturated rings. The monoisotopic (exact) mass is 444 g/mol. The maximum absolute atomic E-state index is 12.2. The van der Waals surface area contributed by atoms with Gasteiger partial charge >= 0.3 is 0 Å². The van der Waals surface area contributed by atoms with Gasteiger partial charge in [0.2, 0.25) is 0 Å². The molecule has 1 aromatic carbocycles. The van der Waals surface area contributed by atoms with Crippen LogP contribution in [-0.4, -0.2) is 51.3 Å². The normalized spacial score (nSPS) is 15.1. The third kappa shape index (κ3) is 7.48. The number of nitrogens with zero attached hydrogens (tertiary/aromatic N) is 2. The fourth-order valence-corrected chi connectivity index (χ4v) is 4.32. The van der Waals surface area contributed by atoms with Gasteiger partial charge in [0.15, 0.2) is 0 Å². The predicted molar refractivity (Wildman–Crippen MR) is 121 cm³/mol. The molecule has 6 nitrogen and oxygen atoms in total. The highest BCUT2D eigenvalue weighted by Crippen LogP contribution is 2.35. The summed E-state index contributed by atoms with van der Waals surface area (Å²) in [6.45, 7) is 10.2. The van der Waals surface area contributed by atoms with Crippen LogP contribution >= 0.6 is 24.0 Å². The molecule has 1 atom stereocenters. The molecule has 2 amide bonds. The van der Waals surface area contributed by atoms with Crippen molar-refractivity contribution in [2.75, 3.05) is 19.8 Å². The van der Waals surface area contributed by atoms with E-state index in [4.69, 9.17) is 23.5 Å². The lowest BCUT2D eigenvalue weighted by molar-refractivity contribution is -0.137. The van der Waals surface area contributed by atoms with Crippen LogP contribution in [0, 0.1) is 6.57 Å². The third-order valence-electron chi connectivity index (χ3n) is 4.53. The number of thioether (sulfide) groups is 1. The summed E-state index contributed by atoms with van der Waals surface area (Å²) in [5.74, 6) is -0.577. The maximum atomic E-state index is 12.2. The summed E-state index contributed by atoms with van der Waals surface area (Å²) in [4.78, 5) is 39.1. The largest absolute Gasteiger partial charge is 0.380 e. The Balaban J connectivity index is 1.63. The quantitative estimate of drug-likeness (QED) is 0.211. The molecule has 1 aliphatic rings. The molecule has 0 aromatic heterocycles. The second kappa shape index (κ2) is 11.7. The molecule has 0 spiro atoms. The molecule has 0 bridgehead atoms. The van der Waals surface area contributed by atoms with Crippen LogP contribution in [0.15, 0.2) is 42.5 Å². The summed E-state index contributed by atoms with van der Waals surface area (Å²) in [5.41, 5.74) is 0.906. The van der Waals surface area contributed by atoms with Gasteiger partial charge in [-0.1, -0.05) is 42.5 Å². The number of ether oxygens (including phenoxy) is 1. The van der Waals surface area contributed by atoms with Crippen LogP contribution in [0.3, 0.4) is 0 Å². The molecule has 0 N–H and O–H groups in total. The van der Waals surface area contributed by atoms with E-state index < -0.39 is 4.87 Å². The van der Waals surface area contributed by atoms with Gasteiger partial charge in [0, 0.05) is 44.9 Å². The topological polar surface area (TPSA) is 68.0 Å². The Hall–Kier alpha value is -2.34. The number of ketones is 1. The Labute approximate surface area is 186 Å². The number of amides is 2. The van der Waals surface area contributed by atoms with Crippen molar-refractivity contribution in [2.45, 2.75) is 37.5 Å². The zero-order valence-electron chi connectivity index (χ0n) is 16.8. The van der Waals surface area contributed by atoms with Crippen molar-refractivity contribution in [3.8, 4) is 0 Å². The molecular formula is C22H24N2O4S2. The Morgan fingerprint density at radius 1 is 1.17 bits per heavy atom. The van der Waals surface area contributed by atoms with Crippen LogP contribution in [0.4, 0.5) is 0 Å². The number of imide groups is 1. The van der Waals surface area contributed by atoms with Crippen LogP contribution in [-0.2, 0) is 19.1 Å². The van der Waals surface area contributed by atoms with E-state index in [9.17, 15) is 14.4 Å². The Kier molecular flexibility index (Phi) is 9.37. The summed E-state index contributed by atoms with van der Waals surface area (Å²) >= 11 is 6.77. The first kappa shape index (κ1) is 23.9. The number of rotatable bonds is 12. The van der Waals surface area contributed by atoms with E-state index in [0.29, 0.717) is 36.5 Å². The molecule has 2 rings (SSSR count). The Morgan fingerprint density at radius 3 is 2.47 bits per heavy atom. The minimum Gasteiger partial charge on any atom is -0.380 e. The van der Waals surface area contributed by atoms with E-state index in [1.807, 2.05) is 37.3 Å². The zero-order valence-corrected chi connectivity index (χ0v) is 18.5. The first-order valence-corrected chi connectivity index (χ1v) is 10.9. The predicted octanol–water partition coefficient (Wildman–Crippen LogP) is 3.80. The van der Waals surface area contributed by atoms with Gasteiger partial charge in [0.1, 0.15) is 5.78 Å². The van der Waals surface area contributed by atoms with E-state index in [1.165, 1.54) is 23.9 Å². The highest BCUT2D eigenvalue weighted by molar-refractivity contribution is 8.24. The van der Waals surface area contributed by atoms with E-state index in [2.05, 4.69) is 4.85 Å². The number of thiocarbonyl (C=S) groups is 1. The van der Waals surface area contributed by atoms with Crippen molar-refractivity contribution in [3.63, 3.8) is 0 Å². The first-order valence-electron chi connectivity index (χ1n) is 9.64. The molecule has 0 aliphatic carbocycles. The molecule has 0 saturated heterocycles. The highest BCUT2D eigenvalue weighted by Gasteiger charge is 2.33. The van der Waals surface area contributed by atoms with Crippen molar-refractivity contribution in [1.29, 1.82) is 0 Å². The van der Waals surface area contributed by atoms with Gasteiger partial charge in [-0.05, 0) is 23.7 Å². The molecule has 0 saturated carbocycles. The fraction of sp³-hybridized carbons (Fsp3) is 0.409. The summed E-state index contributed by atoms with van der Waals surface area (Å²) in [7, 11) is 0. The molecule has 158 valence electrons. The molecule has 0 radical (unpaired) electrons. The van der Waals surface area contributed by atoms with Crippen LogP contribution in [0.2, 0.25) is 0 Å². The fourth-order valence-electron chi connectivity index (χ4n) is 2.74. The minimum atomic E-state index is -0.776. The Bertz CT molecular complexity index is 846. The number of benzene rings is 1. The van der Waals surface area contributed by atoms with Crippen molar-refractivity contribution < 1.29 is 19.1 Å². The average molecular weight is 445 g/mol. The zero-order chi connectivity index (χ0) is 22.0. The van der Waals surface area contributed by atoms with Crippen molar-refractivity contribution in [3.05, 3.63) is 59.5 Å². The minimum absolute atomic E-state index is 0.0776. The average Bonchev–Trinajstić information content (AvgIpc) is 3.07. The lowest BCUT2D eigenvalue weighted by Crippen LogP contribution is -2.33. The van der Waals surface area contributed by atoms with Gasteiger partial charge in [-0.15, -0.1) is 0 Å². The van der Waals surface area contributed by atoms with Crippen LogP contribution in [0.25, 0.3) is 4.85 Å². The molecule has 1 aliphatic heterocycles. The smallest absolute Gasteiger partial charge is 0.280 e. The van der Waals surface area contributed by atoms with Gasteiger partial charge in [0.05, 0.1) is 17.3 Å². The SMILES string of the molecule is [C-]#[N+]C(C)(CCC(=O)CCCOCCN1C(=O)C=CC1=O)SC(=S)c1ccccc1. The molecule has 8 heteroatoms. The van der Waals surface area contributed by atoms with Crippen LogP contribution in [0.5, 0.6) is 0 Å². The second-order valence-electron chi connectivity index (χ2n) is 6.96. The second-order valence-corrected chi connectivity index (χ2v) is 9.12. The molecule has 1 unspecified atom stereocenters. The molecule has 1 aromatic rings. The lowest BCUT2D eigenvalue weighted by Gasteiger charge is -2.16. The van der Waals surface area contributed by atoms with Crippen LogP contribution in [0.1, 0.15) is 38.2 Å². The van der Waals surface area contributed by atoms with Gasteiger partial charge in [-0.3, -0.25) is 24.1 Å². The van der Waals surface area contributed by atoms with Gasteiger partial charge in [-0.2, -0.15) is 0 Å². The lowest BCUT2D eigenvalue weighted by atomic mass is 10.1. The first-order chi connectivity index (χ1) is 14.3. The van der Waals surface area contributed by atoms with Gasteiger partial charge in [0.25, 0.3) is 16.7 Å². The number of hydrogen-bond donors (Lipinski definition) is 0. The van der Waals surface area contributed by atoms with Gasteiger partial charge < -0.3 is 4.74 Å². The van der Waals surface area contributed by atoms with Crippen molar-refractivity contribution >= 4 is 45.8 Å². The van der Waals surface area contributed by atoms with Gasteiger partial charge in [-0.25, -0.2) is 6.57 Å². The van der Waals surface area contributed by atoms with Crippen LogP contribution < -0.4 is 0 Å². The summed E-state index contributed by atoms with van der Waals surface area (Å²) in [6.07, 6.45) is 4.14. The number of carbonyl (C=O) groups is 3. The third-order valence-corrected chi connectivity index (χ3v) is 6.17. The maximum Gasteiger partial charge on any atom is 0.280 e. The number of carbonyl (C=O) groups excluding carboxylic acids is 3. The molecule has 1 heterocycles. The number of hydrogen-bond acceptors (Lipinski definition) is 6. The van der Waals surface area contributed by atoms with Crippen molar-refractivity contribution in [1.82, 2.24) is 4.90 Å². The van der Waals surface area contributed by atoms with Crippen molar-refractivity contribution in [2.24, 2.45) is 0 Å². The standard InChI is InChI=1S/C22H24N2O4S2/c1-22(23-2,30-21(29)17-7-4-3-5-8-17)13-12-18(25)9-6-15-28-16-14-24-19(26)10-11-20(24)27/h3-5,7-8,10-11H,6,9,12-16H2,1H3. The molecular weight excluding hydrogens is 420 g/mol. The number of Topliss-reactive ketones (excluding diaryl/α,β-unsaturated/α-hetero) is 1. The van der Waals surface area contributed by atoms with E-state index in [-0.39, 0.29) is 30.7 Å². The summed E-state index contributed by atoms with van der Waals surface area (Å²) in [6, 6.07) is 9.55. The van der Waals surface area contributed by atoms with E-state index in [0.717, 1.165) is 10.5 Å². The summed E-state index contributed by atoms with van der Waals surface area (Å²) < 4.78 is 6.07. The van der Waals surface area contributed by atoms with E-state index in [1.54, 1.807) is 0 Å². The highest BCUT2D eigenvalue weighted by atomic mass is 32.2. The molecule has 30 heavy (non-hydrogen) atoms.